The van der Waals surface area contributed by atoms with Crippen molar-refractivity contribution < 1.29 is 0 Å². The number of aromatic nitrogens is 3. The monoisotopic (exact) mass is 289 g/mol. The number of nitrogens with zero attached hydrogens (tertiary/aromatic N) is 4. The van der Waals surface area contributed by atoms with Gasteiger partial charge in [0.1, 0.15) is 11.6 Å². The first-order chi connectivity index (χ1) is 10.3. The molecule has 1 aliphatic carbocycles. The van der Waals surface area contributed by atoms with Gasteiger partial charge in [0.15, 0.2) is 0 Å². The van der Waals surface area contributed by atoms with Crippen molar-refractivity contribution in [2.45, 2.75) is 64.1 Å². The molecule has 3 heterocycles. The summed E-state index contributed by atoms with van der Waals surface area (Å²) in [5.74, 6) is 3.25. The zero-order valence-electron chi connectivity index (χ0n) is 13.1. The molecule has 1 aromatic rings. The molecule has 5 heteroatoms. The summed E-state index contributed by atoms with van der Waals surface area (Å²) in [6.07, 6.45) is 7.96. The number of aryl methyl sites for hydroxylation is 1. The highest BCUT2D eigenvalue weighted by molar-refractivity contribution is 5.04. The summed E-state index contributed by atoms with van der Waals surface area (Å²) in [4.78, 5) is 2.67. The Hall–Kier alpha value is -0.940. The molecule has 0 radical (unpaired) electrons. The van der Waals surface area contributed by atoms with Crippen LogP contribution in [0.3, 0.4) is 0 Å². The van der Waals surface area contributed by atoms with Gasteiger partial charge in [-0.05, 0) is 64.5 Å². The van der Waals surface area contributed by atoms with Crippen molar-refractivity contribution in [3.63, 3.8) is 0 Å². The molecular formula is C16H27N5. The Morgan fingerprint density at radius 1 is 1.05 bits per heavy atom. The predicted octanol–water partition coefficient (Wildman–Crippen LogP) is 1.89. The van der Waals surface area contributed by atoms with Crippen LogP contribution in [0.15, 0.2) is 0 Å². The van der Waals surface area contributed by atoms with Gasteiger partial charge in [-0.2, -0.15) is 0 Å². The van der Waals surface area contributed by atoms with Crippen LogP contribution in [-0.4, -0.2) is 45.3 Å². The second-order valence-electron chi connectivity index (χ2n) is 7.14. The second-order valence-corrected chi connectivity index (χ2v) is 7.14. The molecule has 1 aromatic heterocycles. The van der Waals surface area contributed by atoms with Gasteiger partial charge in [-0.25, -0.2) is 0 Å². The molecule has 1 saturated carbocycles. The first-order valence-electron chi connectivity index (χ1n) is 8.67. The van der Waals surface area contributed by atoms with E-state index in [9.17, 15) is 0 Å². The molecule has 1 N–H and O–H groups in total. The number of nitrogens with one attached hydrogen (secondary N) is 1. The average Bonchev–Trinajstić information content (AvgIpc) is 3.24. The molecule has 0 unspecified atom stereocenters. The first-order valence-corrected chi connectivity index (χ1v) is 8.67. The summed E-state index contributed by atoms with van der Waals surface area (Å²) < 4.78 is 2.30. The van der Waals surface area contributed by atoms with Crippen LogP contribution in [0.25, 0.3) is 0 Å². The van der Waals surface area contributed by atoms with Gasteiger partial charge in [-0.15, -0.1) is 10.2 Å². The van der Waals surface area contributed by atoms with Gasteiger partial charge in [-0.3, -0.25) is 0 Å². The third-order valence-corrected chi connectivity index (χ3v) is 5.39. The zero-order chi connectivity index (χ0) is 14.2. The van der Waals surface area contributed by atoms with Gasteiger partial charge < -0.3 is 14.8 Å². The molecule has 21 heavy (non-hydrogen) atoms. The van der Waals surface area contributed by atoms with Crippen LogP contribution in [0, 0.1) is 12.8 Å². The number of hydrogen-bond acceptors (Lipinski definition) is 4. The third-order valence-electron chi connectivity index (χ3n) is 5.39. The lowest BCUT2D eigenvalue weighted by molar-refractivity contribution is 0.179. The fourth-order valence-corrected chi connectivity index (χ4v) is 3.90. The summed E-state index contributed by atoms with van der Waals surface area (Å²) in [5.41, 5.74) is 0. The highest BCUT2D eigenvalue weighted by atomic mass is 15.3. The van der Waals surface area contributed by atoms with E-state index < -0.39 is 0 Å². The second kappa shape index (κ2) is 5.69. The summed E-state index contributed by atoms with van der Waals surface area (Å²) in [6, 6.07) is 1.08. The minimum absolute atomic E-state index is 0.417. The van der Waals surface area contributed by atoms with Gasteiger partial charge in [0.2, 0.25) is 0 Å². The molecule has 0 amide bonds. The van der Waals surface area contributed by atoms with Crippen molar-refractivity contribution in [2.24, 2.45) is 5.92 Å². The van der Waals surface area contributed by atoms with Crippen LogP contribution in [0.4, 0.5) is 0 Å². The van der Waals surface area contributed by atoms with Crippen LogP contribution < -0.4 is 5.32 Å². The molecule has 4 rings (SSSR count). The quantitative estimate of drug-likeness (QED) is 0.919. The highest BCUT2D eigenvalue weighted by Gasteiger charge is 2.30. The van der Waals surface area contributed by atoms with Crippen molar-refractivity contribution in [1.82, 2.24) is 25.0 Å². The molecule has 3 aliphatic rings. The Kier molecular flexibility index (Phi) is 3.71. The topological polar surface area (TPSA) is 46.0 Å². The molecule has 116 valence electrons. The van der Waals surface area contributed by atoms with Crippen molar-refractivity contribution in [3.8, 4) is 0 Å². The zero-order valence-corrected chi connectivity index (χ0v) is 13.1. The standard InChI is InChI=1S/C16H27N5/c1-12-18-19-16-15(3-2-8-21(12)16)17-14-6-9-20(10-7-14)11-13-4-5-13/h13-15,17H,2-11H2,1H3/t15-/m1/s1. The number of likely N-dealkylation sites (tertiary alicyclic amines) is 1. The lowest BCUT2D eigenvalue weighted by atomic mass is 10.0. The lowest BCUT2D eigenvalue weighted by Crippen LogP contribution is -2.45. The van der Waals surface area contributed by atoms with E-state index in [4.69, 9.17) is 0 Å². The minimum Gasteiger partial charge on any atom is -0.314 e. The smallest absolute Gasteiger partial charge is 0.150 e. The fourth-order valence-electron chi connectivity index (χ4n) is 3.90. The van der Waals surface area contributed by atoms with Crippen molar-refractivity contribution >= 4 is 0 Å². The van der Waals surface area contributed by atoms with Crippen molar-refractivity contribution in [3.05, 3.63) is 11.6 Å². The average molecular weight is 289 g/mol. The maximum atomic E-state index is 4.41. The van der Waals surface area contributed by atoms with E-state index in [0.29, 0.717) is 12.1 Å². The summed E-state index contributed by atoms with van der Waals surface area (Å²) >= 11 is 0. The van der Waals surface area contributed by atoms with Crippen LogP contribution in [0.1, 0.15) is 56.2 Å². The molecule has 0 spiro atoms. The van der Waals surface area contributed by atoms with Crippen molar-refractivity contribution in [1.29, 1.82) is 0 Å². The van der Waals surface area contributed by atoms with Crippen LogP contribution in [0.5, 0.6) is 0 Å². The summed E-state index contributed by atoms with van der Waals surface area (Å²) in [7, 11) is 0. The Morgan fingerprint density at radius 3 is 2.62 bits per heavy atom. The van der Waals surface area contributed by atoms with E-state index >= 15 is 0 Å². The lowest BCUT2D eigenvalue weighted by Gasteiger charge is -2.35. The minimum atomic E-state index is 0.417. The third kappa shape index (κ3) is 2.99. The van der Waals surface area contributed by atoms with E-state index in [1.807, 2.05) is 0 Å². The van der Waals surface area contributed by atoms with Crippen molar-refractivity contribution in [2.75, 3.05) is 19.6 Å². The number of hydrogen-bond donors (Lipinski definition) is 1. The maximum absolute atomic E-state index is 4.41. The van der Waals surface area contributed by atoms with Gasteiger partial charge in [0, 0.05) is 19.1 Å². The summed E-state index contributed by atoms with van der Waals surface area (Å²) in [5, 5.41) is 12.5. The molecular weight excluding hydrogens is 262 g/mol. The molecule has 2 aliphatic heterocycles. The molecule has 5 nitrogen and oxygen atoms in total. The Balaban J connectivity index is 1.32. The van der Waals surface area contributed by atoms with Gasteiger partial charge in [0.05, 0.1) is 6.04 Å². The van der Waals surface area contributed by atoms with Gasteiger partial charge >= 0.3 is 0 Å². The number of piperidine rings is 1. The SMILES string of the molecule is Cc1nnc2n1CCC[C@H]2NC1CCN(CC2CC2)CC1. The first kappa shape index (κ1) is 13.7. The molecule has 1 atom stereocenters. The van der Waals surface area contributed by atoms with Crippen LogP contribution >= 0.6 is 0 Å². The van der Waals surface area contributed by atoms with Crippen LogP contribution in [0.2, 0.25) is 0 Å². The molecule has 0 bridgehead atoms. The number of fused-ring (bicyclic) bond motifs is 1. The van der Waals surface area contributed by atoms with Gasteiger partial charge in [-0.1, -0.05) is 0 Å². The Morgan fingerprint density at radius 2 is 1.86 bits per heavy atom. The molecule has 0 aromatic carbocycles. The largest absolute Gasteiger partial charge is 0.314 e. The van der Waals surface area contributed by atoms with E-state index in [0.717, 1.165) is 18.3 Å². The van der Waals surface area contributed by atoms with E-state index in [2.05, 4.69) is 31.9 Å². The molecule has 1 saturated heterocycles. The predicted molar refractivity (Wildman–Crippen MR) is 82.1 cm³/mol. The highest BCUT2D eigenvalue weighted by Crippen LogP contribution is 2.31. The molecule has 2 fully saturated rings. The van der Waals surface area contributed by atoms with Crippen LogP contribution in [-0.2, 0) is 6.54 Å². The van der Waals surface area contributed by atoms with Gasteiger partial charge in [0.25, 0.3) is 0 Å². The van der Waals surface area contributed by atoms with E-state index in [1.165, 1.54) is 64.0 Å². The van der Waals surface area contributed by atoms with E-state index in [-0.39, 0.29) is 0 Å². The maximum Gasteiger partial charge on any atom is 0.150 e. The Bertz CT molecular complexity index is 485. The fraction of sp³-hybridized carbons (Fsp3) is 0.875. The normalized spacial score (nSPS) is 27.8. The number of rotatable bonds is 4. The summed E-state index contributed by atoms with van der Waals surface area (Å²) in [6.45, 7) is 7.05. The van der Waals surface area contributed by atoms with E-state index in [1.54, 1.807) is 0 Å². The Labute approximate surface area is 127 Å².